The van der Waals surface area contributed by atoms with Crippen LogP contribution in [-0.2, 0) is 9.59 Å². The van der Waals surface area contributed by atoms with Gasteiger partial charge in [0.15, 0.2) is 6.61 Å². The SMILES string of the molecule is CCCCCCCCCCCC(=O)N/N=C\c1ccc(OCC(=O)O)cc1. The molecule has 6 nitrogen and oxygen atoms in total. The number of carbonyl (C=O) groups excluding carboxylic acids is 1. The maximum absolute atomic E-state index is 11.7. The summed E-state index contributed by atoms with van der Waals surface area (Å²) >= 11 is 0. The zero-order chi connectivity index (χ0) is 19.7. The topological polar surface area (TPSA) is 88.0 Å². The molecule has 0 aromatic heterocycles. The Labute approximate surface area is 162 Å². The number of aliphatic carboxylic acids is 1. The molecular formula is C21H32N2O4. The summed E-state index contributed by atoms with van der Waals surface area (Å²) in [5.74, 6) is -0.616. The lowest BCUT2D eigenvalue weighted by Gasteiger charge is -2.03. The van der Waals surface area contributed by atoms with Gasteiger partial charge in [-0.2, -0.15) is 5.10 Å². The number of amides is 1. The third-order valence-corrected chi connectivity index (χ3v) is 4.15. The highest BCUT2D eigenvalue weighted by Gasteiger charge is 2.00. The Kier molecular flexibility index (Phi) is 12.4. The van der Waals surface area contributed by atoms with Crippen LogP contribution in [0.4, 0.5) is 0 Å². The summed E-state index contributed by atoms with van der Waals surface area (Å²) in [4.78, 5) is 22.2. The summed E-state index contributed by atoms with van der Waals surface area (Å²) in [7, 11) is 0. The minimum Gasteiger partial charge on any atom is -0.482 e. The van der Waals surface area contributed by atoms with Crippen LogP contribution in [0.15, 0.2) is 29.4 Å². The van der Waals surface area contributed by atoms with E-state index in [9.17, 15) is 9.59 Å². The summed E-state index contributed by atoms with van der Waals surface area (Å²) < 4.78 is 5.05. The number of rotatable bonds is 15. The van der Waals surface area contributed by atoms with Gasteiger partial charge in [0.05, 0.1) is 6.21 Å². The molecule has 0 saturated carbocycles. The normalized spacial score (nSPS) is 10.9. The molecule has 1 amide bonds. The van der Waals surface area contributed by atoms with Gasteiger partial charge in [0.25, 0.3) is 0 Å². The zero-order valence-electron chi connectivity index (χ0n) is 16.3. The van der Waals surface area contributed by atoms with Gasteiger partial charge >= 0.3 is 5.97 Å². The second-order valence-corrected chi connectivity index (χ2v) is 6.62. The Balaban J connectivity index is 2.09. The molecule has 0 bridgehead atoms. The molecule has 2 N–H and O–H groups in total. The molecule has 1 aromatic rings. The number of unbranched alkanes of at least 4 members (excludes halogenated alkanes) is 8. The van der Waals surface area contributed by atoms with Gasteiger partial charge in [-0.15, -0.1) is 0 Å². The molecule has 0 fully saturated rings. The largest absolute Gasteiger partial charge is 0.482 e. The lowest BCUT2D eigenvalue weighted by atomic mass is 10.1. The number of ether oxygens (including phenoxy) is 1. The van der Waals surface area contributed by atoms with Crippen LogP contribution in [0, 0.1) is 0 Å². The number of hydrazone groups is 1. The van der Waals surface area contributed by atoms with E-state index < -0.39 is 5.97 Å². The van der Waals surface area contributed by atoms with Crippen molar-refractivity contribution in [2.24, 2.45) is 5.10 Å². The number of nitrogens with zero attached hydrogens (tertiary/aromatic N) is 1. The molecule has 0 heterocycles. The molecule has 0 radical (unpaired) electrons. The van der Waals surface area contributed by atoms with E-state index in [1.54, 1.807) is 30.5 Å². The van der Waals surface area contributed by atoms with Crippen LogP contribution in [0.3, 0.4) is 0 Å². The summed E-state index contributed by atoms with van der Waals surface area (Å²) in [5.41, 5.74) is 3.33. The average Bonchev–Trinajstić information content (AvgIpc) is 2.66. The monoisotopic (exact) mass is 376 g/mol. The highest BCUT2D eigenvalue weighted by Crippen LogP contribution is 2.11. The zero-order valence-corrected chi connectivity index (χ0v) is 16.3. The Morgan fingerprint density at radius 3 is 2.19 bits per heavy atom. The van der Waals surface area contributed by atoms with Gasteiger partial charge < -0.3 is 9.84 Å². The number of hydrogen-bond acceptors (Lipinski definition) is 4. The molecule has 0 atom stereocenters. The minimum atomic E-state index is -1.02. The first-order chi connectivity index (χ1) is 13.1. The predicted molar refractivity (Wildman–Crippen MR) is 107 cm³/mol. The van der Waals surface area contributed by atoms with E-state index in [2.05, 4.69) is 17.5 Å². The summed E-state index contributed by atoms with van der Waals surface area (Å²) in [5, 5.41) is 12.5. The molecule has 0 saturated heterocycles. The molecular weight excluding hydrogens is 344 g/mol. The van der Waals surface area contributed by atoms with E-state index in [4.69, 9.17) is 9.84 Å². The van der Waals surface area contributed by atoms with Crippen molar-refractivity contribution in [3.8, 4) is 5.75 Å². The van der Waals surface area contributed by atoms with E-state index in [1.165, 1.54) is 44.9 Å². The van der Waals surface area contributed by atoms with Crippen LogP contribution >= 0.6 is 0 Å². The predicted octanol–water partition coefficient (Wildman–Crippen LogP) is 4.52. The molecule has 150 valence electrons. The number of hydrogen-bond donors (Lipinski definition) is 2. The van der Waals surface area contributed by atoms with Crippen LogP contribution in [0.5, 0.6) is 5.75 Å². The fraction of sp³-hybridized carbons (Fsp3) is 0.571. The van der Waals surface area contributed by atoms with Crippen LogP contribution in [0.25, 0.3) is 0 Å². The van der Waals surface area contributed by atoms with Crippen molar-refractivity contribution in [1.29, 1.82) is 0 Å². The Morgan fingerprint density at radius 2 is 1.59 bits per heavy atom. The van der Waals surface area contributed by atoms with Crippen molar-refractivity contribution < 1.29 is 19.4 Å². The van der Waals surface area contributed by atoms with Crippen molar-refractivity contribution >= 4 is 18.1 Å². The standard InChI is InChI=1S/C21H32N2O4/c1-2-3-4-5-6-7-8-9-10-11-20(24)23-22-16-18-12-14-19(15-13-18)27-17-21(25)26/h12-16H,2-11,17H2,1H3,(H,23,24)(H,25,26)/b22-16-. The average molecular weight is 376 g/mol. The van der Waals surface area contributed by atoms with E-state index in [-0.39, 0.29) is 12.5 Å². The van der Waals surface area contributed by atoms with E-state index >= 15 is 0 Å². The highest BCUT2D eigenvalue weighted by atomic mass is 16.5. The molecule has 0 aliphatic rings. The van der Waals surface area contributed by atoms with Gasteiger partial charge in [-0.1, -0.05) is 58.3 Å². The molecule has 6 heteroatoms. The van der Waals surface area contributed by atoms with Crippen molar-refractivity contribution in [2.75, 3.05) is 6.61 Å². The van der Waals surface area contributed by atoms with Crippen molar-refractivity contribution in [3.63, 3.8) is 0 Å². The van der Waals surface area contributed by atoms with Crippen molar-refractivity contribution in [3.05, 3.63) is 29.8 Å². The molecule has 0 aliphatic carbocycles. The lowest BCUT2D eigenvalue weighted by molar-refractivity contribution is -0.139. The quantitative estimate of drug-likeness (QED) is 0.268. The van der Waals surface area contributed by atoms with Gasteiger partial charge in [-0.3, -0.25) is 4.79 Å². The molecule has 0 aliphatic heterocycles. The number of carbonyl (C=O) groups is 2. The Hall–Kier alpha value is -2.37. The first-order valence-corrected chi connectivity index (χ1v) is 9.88. The van der Waals surface area contributed by atoms with Crippen molar-refractivity contribution in [1.82, 2.24) is 5.43 Å². The number of carboxylic acids is 1. The van der Waals surface area contributed by atoms with Crippen LogP contribution < -0.4 is 10.2 Å². The van der Waals surface area contributed by atoms with Crippen LogP contribution in [0.2, 0.25) is 0 Å². The first-order valence-electron chi connectivity index (χ1n) is 9.88. The van der Waals surface area contributed by atoms with Gasteiger partial charge in [-0.05, 0) is 36.2 Å². The first kappa shape index (κ1) is 22.7. The third-order valence-electron chi connectivity index (χ3n) is 4.15. The molecule has 0 spiro atoms. The van der Waals surface area contributed by atoms with Crippen LogP contribution in [0.1, 0.15) is 76.7 Å². The van der Waals surface area contributed by atoms with E-state index in [0.717, 1.165) is 18.4 Å². The molecule has 27 heavy (non-hydrogen) atoms. The van der Waals surface area contributed by atoms with Gasteiger partial charge in [-0.25, -0.2) is 10.2 Å². The van der Waals surface area contributed by atoms with Gasteiger partial charge in [0.1, 0.15) is 5.75 Å². The van der Waals surface area contributed by atoms with E-state index in [0.29, 0.717) is 12.2 Å². The minimum absolute atomic E-state index is 0.0735. The second kappa shape index (κ2) is 14.8. The molecule has 0 unspecified atom stereocenters. The third kappa shape index (κ3) is 12.6. The second-order valence-electron chi connectivity index (χ2n) is 6.62. The number of benzene rings is 1. The lowest BCUT2D eigenvalue weighted by Crippen LogP contribution is -2.16. The molecule has 1 rings (SSSR count). The smallest absolute Gasteiger partial charge is 0.341 e. The van der Waals surface area contributed by atoms with E-state index in [1.807, 2.05) is 0 Å². The van der Waals surface area contributed by atoms with Crippen LogP contribution in [-0.4, -0.2) is 29.8 Å². The summed E-state index contributed by atoms with van der Waals surface area (Å²) in [6, 6.07) is 6.81. The maximum atomic E-state index is 11.7. The van der Waals surface area contributed by atoms with Gasteiger partial charge in [0.2, 0.25) is 5.91 Å². The summed E-state index contributed by atoms with van der Waals surface area (Å²) in [6.07, 6.45) is 13.1. The number of carboxylic acid groups (broad SMARTS) is 1. The Bertz CT molecular complexity index is 570. The highest BCUT2D eigenvalue weighted by molar-refractivity contribution is 5.82. The van der Waals surface area contributed by atoms with Crippen molar-refractivity contribution in [2.45, 2.75) is 71.1 Å². The molecule has 1 aromatic carbocycles. The van der Waals surface area contributed by atoms with Gasteiger partial charge in [0, 0.05) is 6.42 Å². The fourth-order valence-corrected chi connectivity index (χ4v) is 2.63. The summed E-state index contributed by atoms with van der Waals surface area (Å²) in [6.45, 7) is 1.85. The maximum Gasteiger partial charge on any atom is 0.341 e. The number of nitrogens with one attached hydrogen (secondary N) is 1. The Morgan fingerprint density at radius 1 is 1.00 bits per heavy atom. The fourth-order valence-electron chi connectivity index (χ4n) is 2.63.